The number of hydrogen-bond donors (Lipinski definition) is 0. The lowest BCUT2D eigenvalue weighted by Crippen LogP contribution is -2.04. The van der Waals surface area contributed by atoms with Gasteiger partial charge in [-0.2, -0.15) is 0 Å². The van der Waals surface area contributed by atoms with Crippen molar-refractivity contribution >= 4 is 23.2 Å². The molecule has 2 rings (SSSR count). The van der Waals surface area contributed by atoms with E-state index in [1.807, 2.05) is 0 Å². The standard InChI is InChI=1S/C14H13NO4/c1-9(17)19-8-14-11(7-16)5-10-6-12(18-2)3-4-13(10)15-14/h3-7H,8H2,1-2H3. The second-order valence-corrected chi connectivity index (χ2v) is 3.98. The minimum Gasteiger partial charge on any atom is -0.497 e. The van der Waals surface area contributed by atoms with Crippen LogP contribution < -0.4 is 4.74 Å². The Hall–Kier alpha value is -2.43. The third-order valence-corrected chi connectivity index (χ3v) is 2.67. The molecule has 0 aliphatic heterocycles. The van der Waals surface area contributed by atoms with Crippen LogP contribution in [0.3, 0.4) is 0 Å². The second-order valence-electron chi connectivity index (χ2n) is 3.98. The van der Waals surface area contributed by atoms with Gasteiger partial charge in [0.25, 0.3) is 0 Å². The summed E-state index contributed by atoms with van der Waals surface area (Å²) in [6, 6.07) is 7.08. The molecule has 0 N–H and O–H groups in total. The average Bonchev–Trinajstić information content (AvgIpc) is 2.43. The molecule has 0 saturated heterocycles. The maximum Gasteiger partial charge on any atom is 0.303 e. The fourth-order valence-electron chi connectivity index (χ4n) is 1.73. The van der Waals surface area contributed by atoms with Crippen LogP contribution >= 0.6 is 0 Å². The zero-order chi connectivity index (χ0) is 13.8. The Balaban J connectivity index is 2.47. The summed E-state index contributed by atoms with van der Waals surface area (Å²) in [5.74, 6) is 0.285. The molecule has 0 radical (unpaired) electrons. The molecule has 0 unspecified atom stereocenters. The fourth-order valence-corrected chi connectivity index (χ4v) is 1.73. The quantitative estimate of drug-likeness (QED) is 0.621. The lowest BCUT2D eigenvalue weighted by atomic mass is 10.1. The first-order chi connectivity index (χ1) is 9.13. The van der Waals surface area contributed by atoms with Gasteiger partial charge in [-0.25, -0.2) is 4.98 Å². The third kappa shape index (κ3) is 2.88. The van der Waals surface area contributed by atoms with Crippen LogP contribution in [0.1, 0.15) is 23.0 Å². The number of pyridine rings is 1. The number of hydrogen-bond acceptors (Lipinski definition) is 5. The van der Waals surface area contributed by atoms with Gasteiger partial charge in [0.1, 0.15) is 12.4 Å². The highest BCUT2D eigenvalue weighted by Crippen LogP contribution is 2.21. The predicted molar refractivity (Wildman–Crippen MR) is 69.2 cm³/mol. The van der Waals surface area contributed by atoms with Crippen molar-refractivity contribution in [1.29, 1.82) is 0 Å². The molecule has 98 valence electrons. The van der Waals surface area contributed by atoms with E-state index in [4.69, 9.17) is 9.47 Å². The lowest BCUT2D eigenvalue weighted by molar-refractivity contribution is -0.142. The molecular formula is C14H13NO4. The number of aromatic nitrogens is 1. The topological polar surface area (TPSA) is 65.5 Å². The molecule has 1 heterocycles. The van der Waals surface area contributed by atoms with Crippen LogP contribution in [0.15, 0.2) is 24.3 Å². The Labute approximate surface area is 110 Å². The number of rotatable bonds is 4. The minimum atomic E-state index is -0.409. The number of aldehydes is 1. The Morgan fingerprint density at radius 3 is 2.79 bits per heavy atom. The monoisotopic (exact) mass is 259 g/mol. The molecule has 5 nitrogen and oxygen atoms in total. The predicted octanol–water partition coefficient (Wildman–Crippen LogP) is 2.12. The minimum absolute atomic E-state index is 0.00856. The van der Waals surface area contributed by atoms with Gasteiger partial charge >= 0.3 is 5.97 Å². The molecule has 1 aromatic carbocycles. The van der Waals surface area contributed by atoms with E-state index in [2.05, 4.69) is 4.98 Å². The van der Waals surface area contributed by atoms with E-state index < -0.39 is 5.97 Å². The van der Waals surface area contributed by atoms with Gasteiger partial charge in [0.2, 0.25) is 0 Å². The van der Waals surface area contributed by atoms with Crippen molar-refractivity contribution in [3.05, 3.63) is 35.5 Å². The van der Waals surface area contributed by atoms with E-state index in [1.54, 1.807) is 31.4 Å². The van der Waals surface area contributed by atoms with E-state index >= 15 is 0 Å². The van der Waals surface area contributed by atoms with Crippen molar-refractivity contribution in [2.24, 2.45) is 0 Å². The molecule has 0 saturated carbocycles. The van der Waals surface area contributed by atoms with E-state index in [0.29, 0.717) is 28.8 Å². The molecule has 0 atom stereocenters. The van der Waals surface area contributed by atoms with Gasteiger partial charge in [0.05, 0.1) is 18.3 Å². The maximum absolute atomic E-state index is 11.1. The average molecular weight is 259 g/mol. The summed E-state index contributed by atoms with van der Waals surface area (Å²) in [6.07, 6.45) is 0.699. The Morgan fingerprint density at radius 1 is 1.37 bits per heavy atom. The zero-order valence-electron chi connectivity index (χ0n) is 10.7. The van der Waals surface area contributed by atoms with Crippen molar-refractivity contribution in [3.8, 4) is 5.75 Å². The molecule has 0 spiro atoms. The Morgan fingerprint density at radius 2 is 2.16 bits per heavy atom. The molecule has 1 aromatic heterocycles. The molecule has 0 amide bonds. The Kier molecular flexibility index (Phi) is 3.75. The van der Waals surface area contributed by atoms with Gasteiger partial charge in [-0.1, -0.05) is 0 Å². The van der Waals surface area contributed by atoms with E-state index in [-0.39, 0.29) is 6.61 Å². The first kappa shape index (κ1) is 13.0. The van der Waals surface area contributed by atoms with Crippen LogP contribution in [0.4, 0.5) is 0 Å². The van der Waals surface area contributed by atoms with Crippen LogP contribution in [0.25, 0.3) is 10.9 Å². The fraction of sp³-hybridized carbons (Fsp3) is 0.214. The summed E-state index contributed by atoms with van der Waals surface area (Å²) >= 11 is 0. The number of carbonyl (C=O) groups excluding carboxylic acids is 2. The number of nitrogens with zero attached hydrogens (tertiary/aromatic N) is 1. The number of methoxy groups -OCH3 is 1. The number of benzene rings is 1. The van der Waals surface area contributed by atoms with Crippen LogP contribution in [0.2, 0.25) is 0 Å². The van der Waals surface area contributed by atoms with E-state index in [1.165, 1.54) is 6.92 Å². The van der Waals surface area contributed by atoms with E-state index in [0.717, 1.165) is 5.39 Å². The van der Waals surface area contributed by atoms with Crippen LogP contribution in [-0.4, -0.2) is 24.3 Å². The molecule has 19 heavy (non-hydrogen) atoms. The van der Waals surface area contributed by atoms with Crippen molar-refractivity contribution in [2.75, 3.05) is 7.11 Å². The highest BCUT2D eigenvalue weighted by atomic mass is 16.5. The van der Waals surface area contributed by atoms with Crippen LogP contribution in [0.5, 0.6) is 5.75 Å². The number of esters is 1. The molecule has 0 fully saturated rings. The van der Waals surface area contributed by atoms with Gasteiger partial charge in [-0.15, -0.1) is 0 Å². The lowest BCUT2D eigenvalue weighted by Gasteiger charge is -2.08. The molecule has 0 aliphatic carbocycles. The van der Waals surface area contributed by atoms with Gasteiger partial charge in [0.15, 0.2) is 6.29 Å². The molecule has 0 bridgehead atoms. The normalized spacial score (nSPS) is 10.2. The summed E-state index contributed by atoms with van der Waals surface area (Å²) in [5.41, 5.74) is 1.57. The molecular weight excluding hydrogens is 246 g/mol. The van der Waals surface area contributed by atoms with Crippen molar-refractivity contribution in [3.63, 3.8) is 0 Å². The summed E-state index contributed by atoms with van der Waals surface area (Å²) in [6.45, 7) is 1.30. The van der Waals surface area contributed by atoms with Crippen molar-refractivity contribution < 1.29 is 19.1 Å². The van der Waals surface area contributed by atoms with E-state index in [9.17, 15) is 9.59 Å². The van der Waals surface area contributed by atoms with Gasteiger partial charge < -0.3 is 9.47 Å². The van der Waals surface area contributed by atoms with Gasteiger partial charge in [0, 0.05) is 17.9 Å². The number of carbonyl (C=O) groups is 2. The molecule has 5 heteroatoms. The molecule has 2 aromatic rings. The third-order valence-electron chi connectivity index (χ3n) is 2.67. The van der Waals surface area contributed by atoms with Gasteiger partial charge in [-0.3, -0.25) is 9.59 Å². The molecule has 0 aliphatic rings. The first-order valence-corrected chi connectivity index (χ1v) is 5.70. The SMILES string of the molecule is COc1ccc2nc(COC(C)=O)c(C=O)cc2c1. The highest BCUT2D eigenvalue weighted by Gasteiger charge is 2.08. The number of ether oxygens (including phenoxy) is 2. The van der Waals surface area contributed by atoms with Crippen LogP contribution in [0, 0.1) is 0 Å². The largest absolute Gasteiger partial charge is 0.497 e. The number of fused-ring (bicyclic) bond motifs is 1. The summed E-state index contributed by atoms with van der Waals surface area (Å²) in [7, 11) is 1.57. The van der Waals surface area contributed by atoms with Crippen molar-refractivity contribution in [2.45, 2.75) is 13.5 Å². The maximum atomic E-state index is 11.1. The smallest absolute Gasteiger partial charge is 0.303 e. The summed E-state index contributed by atoms with van der Waals surface area (Å²) in [4.78, 5) is 26.2. The summed E-state index contributed by atoms with van der Waals surface area (Å²) < 4.78 is 10.00. The zero-order valence-corrected chi connectivity index (χ0v) is 10.7. The van der Waals surface area contributed by atoms with Crippen LogP contribution in [-0.2, 0) is 16.1 Å². The second kappa shape index (κ2) is 5.48. The first-order valence-electron chi connectivity index (χ1n) is 5.70. The highest BCUT2D eigenvalue weighted by molar-refractivity contribution is 5.88. The Bertz CT molecular complexity index is 637. The summed E-state index contributed by atoms with van der Waals surface area (Å²) in [5, 5.41) is 0.799. The van der Waals surface area contributed by atoms with Gasteiger partial charge in [-0.05, 0) is 24.3 Å². The van der Waals surface area contributed by atoms with Crippen molar-refractivity contribution in [1.82, 2.24) is 4.98 Å².